The van der Waals surface area contributed by atoms with Gasteiger partial charge in [0.1, 0.15) is 5.75 Å². The van der Waals surface area contributed by atoms with E-state index in [-0.39, 0.29) is 0 Å². The van der Waals surface area contributed by atoms with Gasteiger partial charge in [-0.15, -0.1) is 0 Å². The predicted molar refractivity (Wildman–Crippen MR) is 62.3 cm³/mol. The first kappa shape index (κ1) is 10.5. The molecule has 82 valence electrons. The zero-order chi connectivity index (χ0) is 10.8. The van der Waals surface area contributed by atoms with Crippen molar-refractivity contribution in [2.24, 2.45) is 0 Å². The first-order valence-corrected chi connectivity index (χ1v) is 5.64. The van der Waals surface area contributed by atoms with Gasteiger partial charge >= 0.3 is 0 Å². The highest BCUT2D eigenvalue weighted by Crippen LogP contribution is 2.36. The van der Waals surface area contributed by atoms with E-state index in [1.165, 1.54) is 24.0 Å². The Morgan fingerprint density at radius 1 is 1.40 bits per heavy atom. The van der Waals surface area contributed by atoms with E-state index in [0.717, 1.165) is 13.0 Å². The third-order valence-electron chi connectivity index (χ3n) is 3.19. The number of hydrogen-bond donors (Lipinski definition) is 1. The second kappa shape index (κ2) is 4.23. The summed E-state index contributed by atoms with van der Waals surface area (Å²) >= 11 is 0. The molecule has 1 aliphatic rings. The SMILES string of the molecule is CN(C)CC1CCCc2c(O)cccc21. The van der Waals surface area contributed by atoms with Crippen molar-refractivity contribution in [3.05, 3.63) is 29.3 Å². The standard InChI is InChI=1S/C13H19NO/c1-14(2)9-10-5-3-7-12-11(10)6-4-8-13(12)15/h4,6,8,10,15H,3,5,7,9H2,1-2H3. The third kappa shape index (κ3) is 2.15. The monoisotopic (exact) mass is 205 g/mol. The van der Waals surface area contributed by atoms with Crippen molar-refractivity contribution in [2.45, 2.75) is 25.2 Å². The smallest absolute Gasteiger partial charge is 0.119 e. The minimum absolute atomic E-state index is 0.482. The van der Waals surface area contributed by atoms with E-state index in [9.17, 15) is 5.11 Å². The molecule has 1 unspecified atom stereocenters. The lowest BCUT2D eigenvalue weighted by Crippen LogP contribution is -2.23. The van der Waals surface area contributed by atoms with Crippen molar-refractivity contribution in [2.75, 3.05) is 20.6 Å². The van der Waals surface area contributed by atoms with Gasteiger partial charge in [-0.3, -0.25) is 0 Å². The molecule has 0 heterocycles. The van der Waals surface area contributed by atoms with Crippen LogP contribution in [0.5, 0.6) is 5.75 Å². The predicted octanol–water partition coefficient (Wildman–Crippen LogP) is 2.37. The van der Waals surface area contributed by atoms with E-state index in [1.807, 2.05) is 6.07 Å². The van der Waals surface area contributed by atoms with Crippen LogP contribution in [-0.2, 0) is 6.42 Å². The molecule has 0 amide bonds. The zero-order valence-corrected chi connectivity index (χ0v) is 9.53. The van der Waals surface area contributed by atoms with Crippen molar-refractivity contribution in [1.29, 1.82) is 0 Å². The van der Waals surface area contributed by atoms with Crippen molar-refractivity contribution < 1.29 is 5.11 Å². The van der Waals surface area contributed by atoms with E-state index in [1.54, 1.807) is 6.07 Å². The number of hydrogen-bond acceptors (Lipinski definition) is 2. The van der Waals surface area contributed by atoms with Crippen LogP contribution in [0.25, 0.3) is 0 Å². The molecule has 2 nitrogen and oxygen atoms in total. The fraction of sp³-hybridized carbons (Fsp3) is 0.538. The van der Waals surface area contributed by atoms with E-state index < -0.39 is 0 Å². The topological polar surface area (TPSA) is 23.5 Å². The molecule has 1 aromatic rings. The van der Waals surface area contributed by atoms with Crippen LogP contribution < -0.4 is 0 Å². The first-order chi connectivity index (χ1) is 7.18. The van der Waals surface area contributed by atoms with Crippen LogP contribution in [0, 0.1) is 0 Å². The average Bonchev–Trinajstić information content (AvgIpc) is 2.19. The van der Waals surface area contributed by atoms with Crippen molar-refractivity contribution >= 4 is 0 Å². The molecule has 15 heavy (non-hydrogen) atoms. The summed E-state index contributed by atoms with van der Waals surface area (Å²) in [4.78, 5) is 2.23. The molecule has 0 bridgehead atoms. The first-order valence-electron chi connectivity index (χ1n) is 5.64. The van der Waals surface area contributed by atoms with Crippen LogP contribution in [0.1, 0.15) is 29.9 Å². The normalized spacial score (nSPS) is 20.3. The van der Waals surface area contributed by atoms with Crippen molar-refractivity contribution in [3.63, 3.8) is 0 Å². The Morgan fingerprint density at radius 2 is 2.20 bits per heavy atom. The second-order valence-corrected chi connectivity index (χ2v) is 4.70. The number of likely N-dealkylation sites (N-methyl/N-ethyl adjacent to an activating group) is 1. The van der Waals surface area contributed by atoms with Crippen LogP contribution in [-0.4, -0.2) is 30.6 Å². The number of benzene rings is 1. The van der Waals surface area contributed by atoms with Gasteiger partial charge < -0.3 is 10.0 Å². The second-order valence-electron chi connectivity index (χ2n) is 4.70. The van der Waals surface area contributed by atoms with E-state index in [4.69, 9.17) is 0 Å². The molecular formula is C13H19NO. The van der Waals surface area contributed by atoms with Gasteiger partial charge in [-0.2, -0.15) is 0 Å². The molecule has 0 fully saturated rings. The summed E-state index contributed by atoms with van der Waals surface area (Å²) in [5, 5.41) is 9.79. The molecule has 0 saturated carbocycles. The van der Waals surface area contributed by atoms with Crippen LogP contribution in [0.15, 0.2) is 18.2 Å². The maximum Gasteiger partial charge on any atom is 0.119 e. The molecule has 1 aromatic carbocycles. The average molecular weight is 205 g/mol. The molecule has 1 N–H and O–H groups in total. The summed E-state index contributed by atoms with van der Waals surface area (Å²) in [6.07, 6.45) is 3.48. The minimum atomic E-state index is 0.482. The number of nitrogens with zero attached hydrogens (tertiary/aromatic N) is 1. The van der Waals surface area contributed by atoms with E-state index in [0.29, 0.717) is 11.7 Å². The van der Waals surface area contributed by atoms with Crippen LogP contribution in [0.2, 0.25) is 0 Å². The number of phenolic OH excluding ortho intramolecular Hbond substituents is 1. The lowest BCUT2D eigenvalue weighted by molar-refractivity contribution is 0.349. The Bertz CT molecular complexity index is 346. The Labute approximate surface area is 91.5 Å². The lowest BCUT2D eigenvalue weighted by Gasteiger charge is -2.28. The molecule has 1 atom stereocenters. The summed E-state index contributed by atoms with van der Waals surface area (Å²) in [7, 11) is 4.22. The molecule has 0 aromatic heterocycles. The van der Waals surface area contributed by atoms with Gasteiger partial charge in [0, 0.05) is 6.54 Å². The lowest BCUT2D eigenvalue weighted by atomic mass is 9.82. The largest absolute Gasteiger partial charge is 0.508 e. The van der Waals surface area contributed by atoms with Gasteiger partial charge in [-0.25, -0.2) is 0 Å². The minimum Gasteiger partial charge on any atom is -0.508 e. The summed E-state index contributed by atoms with van der Waals surface area (Å²) < 4.78 is 0. The van der Waals surface area contributed by atoms with E-state index in [2.05, 4.69) is 25.1 Å². The van der Waals surface area contributed by atoms with Gasteiger partial charge in [0.05, 0.1) is 0 Å². The molecule has 2 heteroatoms. The Kier molecular flexibility index (Phi) is 2.96. The Balaban J connectivity index is 2.30. The summed E-state index contributed by atoms with van der Waals surface area (Å²) in [5.41, 5.74) is 2.53. The summed E-state index contributed by atoms with van der Waals surface area (Å²) in [6.45, 7) is 1.08. The molecular weight excluding hydrogens is 186 g/mol. The van der Waals surface area contributed by atoms with Gasteiger partial charge in [0.25, 0.3) is 0 Å². The highest BCUT2D eigenvalue weighted by atomic mass is 16.3. The highest BCUT2D eigenvalue weighted by molar-refractivity contribution is 5.42. The summed E-state index contributed by atoms with van der Waals surface area (Å²) in [5.74, 6) is 1.08. The fourth-order valence-corrected chi connectivity index (χ4v) is 2.56. The molecule has 0 radical (unpaired) electrons. The maximum absolute atomic E-state index is 9.79. The van der Waals surface area contributed by atoms with Gasteiger partial charge in [0.15, 0.2) is 0 Å². The van der Waals surface area contributed by atoms with Gasteiger partial charge in [-0.05, 0) is 56.5 Å². The number of fused-ring (bicyclic) bond motifs is 1. The van der Waals surface area contributed by atoms with Crippen molar-refractivity contribution in [3.8, 4) is 5.75 Å². The Hall–Kier alpha value is -1.02. The summed E-state index contributed by atoms with van der Waals surface area (Å²) in [6, 6.07) is 5.93. The zero-order valence-electron chi connectivity index (χ0n) is 9.53. The molecule has 0 aliphatic heterocycles. The maximum atomic E-state index is 9.79. The van der Waals surface area contributed by atoms with Crippen LogP contribution in [0.3, 0.4) is 0 Å². The number of rotatable bonds is 2. The number of phenols is 1. The van der Waals surface area contributed by atoms with Gasteiger partial charge in [0.2, 0.25) is 0 Å². The molecule has 0 spiro atoms. The molecule has 2 rings (SSSR count). The highest BCUT2D eigenvalue weighted by Gasteiger charge is 2.22. The van der Waals surface area contributed by atoms with Gasteiger partial charge in [-0.1, -0.05) is 12.1 Å². The number of aromatic hydroxyl groups is 1. The van der Waals surface area contributed by atoms with Crippen LogP contribution in [0.4, 0.5) is 0 Å². The van der Waals surface area contributed by atoms with Crippen LogP contribution >= 0.6 is 0 Å². The Morgan fingerprint density at radius 3 is 2.93 bits per heavy atom. The third-order valence-corrected chi connectivity index (χ3v) is 3.19. The van der Waals surface area contributed by atoms with Crippen molar-refractivity contribution in [1.82, 2.24) is 4.90 Å². The van der Waals surface area contributed by atoms with E-state index >= 15 is 0 Å². The fourth-order valence-electron chi connectivity index (χ4n) is 2.56. The quantitative estimate of drug-likeness (QED) is 0.801. The molecule has 1 aliphatic carbocycles. The molecule has 0 saturated heterocycles.